The second-order valence-corrected chi connectivity index (χ2v) is 7.26. The van der Waals surface area contributed by atoms with Crippen molar-refractivity contribution in [2.75, 3.05) is 7.11 Å². The van der Waals surface area contributed by atoms with Gasteiger partial charge in [0.05, 0.1) is 12.7 Å². The third-order valence-corrected chi connectivity index (χ3v) is 4.36. The van der Waals surface area contributed by atoms with Crippen LogP contribution in [-0.4, -0.2) is 37.2 Å². The number of rotatable bonds is 9. The SMILES string of the molecule is COc1ccccc1CNC(=O)[C@H](C)OC(=O)c1ccc(CNC(=O)NC(C)C)cc1. The number of nitrogens with one attached hydrogen (secondary N) is 3. The summed E-state index contributed by atoms with van der Waals surface area (Å²) in [4.78, 5) is 36.2. The molecule has 0 heterocycles. The van der Waals surface area contributed by atoms with E-state index in [0.29, 0.717) is 17.9 Å². The van der Waals surface area contributed by atoms with Crippen LogP contribution in [0.15, 0.2) is 48.5 Å². The fraction of sp³-hybridized carbons (Fsp3) is 0.348. The molecule has 31 heavy (non-hydrogen) atoms. The summed E-state index contributed by atoms with van der Waals surface area (Å²) in [6.07, 6.45) is -0.955. The minimum atomic E-state index is -0.955. The Bertz CT molecular complexity index is 896. The van der Waals surface area contributed by atoms with Crippen molar-refractivity contribution in [1.29, 1.82) is 0 Å². The molecule has 3 amide bonds. The van der Waals surface area contributed by atoms with Crippen molar-refractivity contribution in [2.24, 2.45) is 0 Å². The summed E-state index contributed by atoms with van der Waals surface area (Å²) < 4.78 is 10.5. The van der Waals surface area contributed by atoms with Gasteiger partial charge < -0.3 is 25.4 Å². The van der Waals surface area contributed by atoms with Gasteiger partial charge >= 0.3 is 12.0 Å². The molecular formula is C23H29N3O5. The van der Waals surface area contributed by atoms with Crippen LogP contribution in [0.2, 0.25) is 0 Å². The average Bonchev–Trinajstić information content (AvgIpc) is 2.76. The number of ether oxygens (including phenoxy) is 2. The molecule has 0 spiro atoms. The molecule has 0 aliphatic heterocycles. The Morgan fingerprint density at radius 1 is 0.903 bits per heavy atom. The average molecular weight is 428 g/mol. The summed E-state index contributed by atoms with van der Waals surface area (Å²) in [5.41, 5.74) is 1.97. The molecule has 2 aromatic carbocycles. The maximum Gasteiger partial charge on any atom is 0.338 e. The maximum atomic E-state index is 12.3. The summed E-state index contributed by atoms with van der Waals surface area (Å²) in [5, 5.41) is 8.20. The number of carbonyl (C=O) groups is 3. The van der Waals surface area contributed by atoms with Crippen LogP contribution in [0.4, 0.5) is 4.79 Å². The highest BCUT2D eigenvalue weighted by Crippen LogP contribution is 2.16. The summed E-state index contributed by atoms with van der Waals surface area (Å²) in [6, 6.07) is 13.8. The van der Waals surface area contributed by atoms with Crippen molar-refractivity contribution < 1.29 is 23.9 Å². The first-order chi connectivity index (χ1) is 14.8. The highest BCUT2D eigenvalue weighted by molar-refractivity contribution is 5.92. The lowest BCUT2D eigenvalue weighted by atomic mass is 10.1. The van der Waals surface area contributed by atoms with Gasteiger partial charge in [-0.05, 0) is 44.5 Å². The van der Waals surface area contributed by atoms with E-state index < -0.39 is 18.0 Å². The van der Waals surface area contributed by atoms with Crippen LogP contribution in [0.3, 0.4) is 0 Å². The summed E-state index contributed by atoms with van der Waals surface area (Å²) >= 11 is 0. The van der Waals surface area contributed by atoms with Gasteiger partial charge in [-0.25, -0.2) is 9.59 Å². The Kier molecular flexibility index (Phi) is 8.87. The Morgan fingerprint density at radius 2 is 1.58 bits per heavy atom. The standard InChI is InChI=1S/C23H29N3O5/c1-15(2)26-23(29)25-13-17-9-11-18(12-10-17)22(28)31-16(3)21(27)24-14-19-7-5-6-8-20(19)30-4/h5-12,15-16H,13-14H2,1-4H3,(H,24,27)(H2,25,26,29)/t16-/m0/s1. The lowest BCUT2D eigenvalue weighted by Gasteiger charge is -2.15. The van der Waals surface area contributed by atoms with Gasteiger partial charge in [-0.2, -0.15) is 0 Å². The van der Waals surface area contributed by atoms with Gasteiger partial charge in [-0.3, -0.25) is 4.79 Å². The summed E-state index contributed by atoms with van der Waals surface area (Å²) in [6.45, 7) is 5.85. The fourth-order valence-electron chi connectivity index (χ4n) is 2.71. The number of carbonyl (C=O) groups excluding carboxylic acids is 3. The zero-order valence-electron chi connectivity index (χ0n) is 18.2. The van der Waals surface area contributed by atoms with E-state index in [1.165, 1.54) is 6.92 Å². The number of benzene rings is 2. The first-order valence-electron chi connectivity index (χ1n) is 10.0. The molecule has 8 nitrogen and oxygen atoms in total. The van der Waals surface area contributed by atoms with E-state index in [2.05, 4.69) is 16.0 Å². The Labute approximate surface area is 182 Å². The molecule has 1 atom stereocenters. The Hall–Kier alpha value is -3.55. The lowest BCUT2D eigenvalue weighted by Crippen LogP contribution is -2.39. The van der Waals surface area contributed by atoms with E-state index >= 15 is 0 Å². The van der Waals surface area contributed by atoms with Crippen molar-refractivity contribution in [3.63, 3.8) is 0 Å². The van der Waals surface area contributed by atoms with Crippen LogP contribution in [0.25, 0.3) is 0 Å². The lowest BCUT2D eigenvalue weighted by molar-refractivity contribution is -0.129. The molecule has 0 radical (unpaired) electrons. The molecule has 0 fully saturated rings. The molecule has 0 aromatic heterocycles. The zero-order chi connectivity index (χ0) is 22.8. The number of hydrogen-bond donors (Lipinski definition) is 3. The number of urea groups is 1. The number of methoxy groups -OCH3 is 1. The minimum Gasteiger partial charge on any atom is -0.496 e. The largest absolute Gasteiger partial charge is 0.496 e. The first kappa shape index (κ1) is 23.7. The van der Waals surface area contributed by atoms with Gasteiger partial charge in [0.15, 0.2) is 6.10 Å². The number of hydrogen-bond acceptors (Lipinski definition) is 5. The number of esters is 1. The summed E-state index contributed by atoms with van der Waals surface area (Å²) in [7, 11) is 1.56. The van der Waals surface area contributed by atoms with Gasteiger partial charge in [0.1, 0.15) is 5.75 Å². The second kappa shape index (κ2) is 11.6. The van der Waals surface area contributed by atoms with E-state index in [1.807, 2.05) is 32.0 Å². The van der Waals surface area contributed by atoms with Crippen LogP contribution in [-0.2, 0) is 22.6 Å². The number of para-hydroxylation sites is 1. The van der Waals surface area contributed by atoms with Crippen LogP contribution < -0.4 is 20.7 Å². The topological polar surface area (TPSA) is 106 Å². The third-order valence-electron chi connectivity index (χ3n) is 4.36. The highest BCUT2D eigenvalue weighted by atomic mass is 16.5. The van der Waals surface area contributed by atoms with Crippen molar-refractivity contribution in [1.82, 2.24) is 16.0 Å². The molecule has 2 aromatic rings. The predicted molar refractivity (Wildman–Crippen MR) is 117 cm³/mol. The second-order valence-electron chi connectivity index (χ2n) is 7.26. The van der Waals surface area contributed by atoms with Crippen molar-refractivity contribution >= 4 is 17.9 Å². The van der Waals surface area contributed by atoms with Gasteiger partial charge in [0, 0.05) is 24.7 Å². The Morgan fingerprint density at radius 3 is 2.23 bits per heavy atom. The molecular weight excluding hydrogens is 398 g/mol. The molecule has 3 N–H and O–H groups in total. The first-order valence-corrected chi connectivity index (χ1v) is 10.0. The number of amides is 3. The summed E-state index contributed by atoms with van der Waals surface area (Å²) in [5.74, 6) is -0.336. The zero-order valence-corrected chi connectivity index (χ0v) is 18.2. The molecule has 0 saturated heterocycles. The molecule has 0 aliphatic rings. The van der Waals surface area contributed by atoms with Crippen LogP contribution in [0.5, 0.6) is 5.75 Å². The molecule has 2 rings (SSSR count). The van der Waals surface area contributed by atoms with Crippen molar-refractivity contribution in [3.05, 3.63) is 65.2 Å². The molecule has 166 valence electrons. The smallest absolute Gasteiger partial charge is 0.338 e. The normalized spacial score (nSPS) is 11.4. The van der Waals surface area contributed by atoms with Gasteiger partial charge in [-0.15, -0.1) is 0 Å². The molecule has 0 saturated carbocycles. The van der Waals surface area contributed by atoms with E-state index in [-0.39, 0.29) is 18.6 Å². The molecule has 0 bridgehead atoms. The highest BCUT2D eigenvalue weighted by Gasteiger charge is 2.19. The molecule has 8 heteroatoms. The fourth-order valence-corrected chi connectivity index (χ4v) is 2.71. The van der Waals surface area contributed by atoms with Crippen molar-refractivity contribution in [3.8, 4) is 5.75 Å². The van der Waals surface area contributed by atoms with E-state index in [0.717, 1.165) is 11.1 Å². The maximum absolute atomic E-state index is 12.3. The van der Waals surface area contributed by atoms with Gasteiger partial charge in [-0.1, -0.05) is 30.3 Å². The van der Waals surface area contributed by atoms with Crippen LogP contribution in [0.1, 0.15) is 42.3 Å². The molecule has 0 unspecified atom stereocenters. The van der Waals surface area contributed by atoms with E-state index in [1.54, 1.807) is 37.4 Å². The van der Waals surface area contributed by atoms with E-state index in [9.17, 15) is 14.4 Å². The van der Waals surface area contributed by atoms with Crippen LogP contribution in [0, 0.1) is 0 Å². The quantitative estimate of drug-likeness (QED) is 0.534. The van der Waals surface area contributed by atoms with Crippen molar-refractivity contribution in [2.45, 2.75) is 46.0 Å². The van der Waals surface area contributed by atoms with Gasteiger partial charge in [0.2, 0.25) is 0 Å². The molecule has 0 aliphatic carbocycles. The monoisotopic (exact) mass is 427 g/mol. The predicted octanol–water partition coefficient (Wildman–Crippen LogP) is 2.76. The third kappa shape index (κ3) is 7.65. The Balaban J connectivity index is 1.83. The van der Waals surface area contributed by atoms with Gasteiger partial charge in [0.25, 0.3) is 5.91 Å². The van der Waals surface area contributed by atoms with E-state index in [4.69, 9.17) is 9.47 Å². The van der Waals surface area contributed by atoms with Crippen LogP contribution >= 0.6 is 0 Å². The minimum absolute atomic E-state index is 0.0473.